The number of ketones is 1. The number of amides is 1. The first-order valence-electron chi connectivity index (χ1n) is 8.79. The highest BCUT2D eigenvalue weighted by atomic mass is 32.1. The Hall–Kier alpha value is -3.25. The Morgan fingerprint density at radius 3 is 2.18 bits per heavy atom. The van der Waals surface area contributed by atoms with Crippen LogP contribution in [0.3, 0.4) is 0 Å². The Morgan fingerprint density at radius 1 is 0.821 bits per heavy atom. The Labute approximate surface area is 167 Å². The Balaban J connectivity index is 1.46. The maximum atomic E-state index is 12.4. The predicted octanol–water partition coefficient (Wildman–Crippen LogP) is 3.49. The highest BCUT2D eigenvalue weighted by Crippen LogP contribution is 2.12. The zero-order valence-corrected chi connectivity index (χ0v) is 15.9. The van der Waals surface area contributed by atoms with Gasteiger partial charge >= 0.3 is 5.97 Å². The third-order valence-corrected chi connectivity index (χ3v) is 4.96. The molecule has 1 N–H and O–H groups in total. The number of esters is 1. The molecule has 1 aromatic heterocycles. The van der Waals surface area contributed by atoms with Crippen molar-refractivity contribution >= 4 is 29.0 Å². The van der Waals surface area contributed by atoms with Crippen LogP contribution < -0.4 is 5.32 Å². The monoisotopic (exact) mass is 393 g/mol. The van der Waals surface area contributed by atoms with E-state index in [1.165, 1.54) is 17.0 Å². The van der Waals surface area contributed by atoms with Gasteiger partial charge in [0.15, 0.2) is 12.4 Å². The third-order valence-electron chi connectivity index (χ3n) is 4.03. The second-order valence-corrected chi connectivity index (χ2v) is 7.06. The fraction of sp³-hybridized carbons (Fsp3) is 0.136. The number of benzene rings is 2. The van der Waals surface area contributed by atoms with Gasteiger partial charge in [0.2, 0.25) is 0 Å². The summed E-state index contributed by atoms with van der Waals surface area (Å²) in [5.74, 6) is -1.07. The molecule has 28 heavy (non-hydrogen) atoms. The van der Waals surface area contributed by atoms with Crippen molar-refractivity contribution in [2.75, 3.05) is 13.2 Å². The van der Waals surface area contributed by atoms with Crippen molar-refractivity contribution in [1.82, 2.24) is 5.32 Å². The molecule has 0 spiro atoms. The number of rotatable bonds is 8. The minimum atomic E-state index is -0.605. The molecule has 3 rings (SSSR count). The SMILES string of the molecule is O=C(COC(=O)c1ccc(C(=O)c2ccccc2)cc1)NCCc1cccs1. The van der Waals surface area contributed by atoms with Crippen LogP contribution in [-0.2, 0) is 16.0 Å². The lowest BCUT2D eigenvalue weighted by Gasteiger charge is -2.07. The van der Waals surface area contributed by atoms with Crippen LogP contribution in [0.4, 0.5) is 0 Å². The largest absolute Gasteiger partial charge is 0.452 e. The topological polar surface area (TPSA) is 72.5 Å². The molecule has 142 valence electrons. The van der Waals surface area contributed by atoms with Crippen molar-refractivity contribution in [3.63, 3.8) is 0 Å². The summed E-state index contributed by atoms with van der Waals surface area (Å²) in [4.78, 5) is 37.4. The van der Waals surface area contributed by atoms with Gasteiger partial charge in [0.05, 0.1) is 5.56 Å². The van der Waals surface area contributed by atoms with Gasteiger partial charge < -0.3 is 10.1 Å². The molecule has 0 atom stereocenters. The average Bonchev–Trinajstić information content (AvgIpc) is 3.26. The molecule has 0 aliphatic carbocycles. The number of carbonyl (C=O) groups excluding carboxylic acids is 3. The molecule has 0 saturated heterocycles. The summed E-state index contributed by atoms with van der Waals surface area (Å²) >= 11 is 1.63. The van der Waals surface area contributed by atoms with Gasteiger partial charge in [-0.05, 0) is 30.0 Å². The van der Waals surface area contributed by atoms with E-state index in [0.29, 0.717) is 17.7 Å². The van der Waals surface area contributed by atoms with Crippen molar-refractivity contribution in [1.29, 1.82) is 0 Å². The molecular formula is C22H19NO4S. The van der Waals surface area contributed by atoms with Gasteiger partial charge in [-0.15, -0.1) is 11.3 Å². The number of hydrogen-bond acceptors (Lipinski definition) is 5. The minimum Gasteiger partial charge on any atom is -0.452 e. The summed E-state index contributed by atoms with van der Waals surface area (Å²) in [5.41, 5.74) is 1.35. The van der Waals surface area contributed by atoms with Crippen LogP contribution in [0, 0.1) is 0 Å². The average molecular weight is 393 g/mol. The van der Waals surface area contributed by atoms with Crippen molar-refractivity contribution < 1.29 is 19.1 Å². The third kappa shape index (κ3) is 5.37. The summed E-state index contributed by atoms with van der Waals surface area (Å²) in [6.07, 6.45) is 0.744. The van der Waals surface area contributed by atoms with E-state index in [4.69, 9.17) is 4.74 Å². The Morgan fingerprint density at radius 2 is 1.50 bits per heavy atom. The first-order chi connectivity index (χ1) is 13.6. The van der Waals surface area contributed by atoms with E-state index in [0.717, 1.165) is 6.42 Å². The van der Waals surface area contributed by atoms with Gasteiger partial charge in [0.25, 0.3) is 5.91 Å². The molecule has 0 aliphatic rings. The minimum absolute atomic E-state index is 0.120. The first-order valence-corrected chi connectivity index (χ1v) is 9.67. The van der Waals surface area contributed by atoms with Crippen LogP contribution in [0.15, 0.2) is 72.1 Å². The molecule has 0 aliphatic heterocycles. The van der Waals surface area contributed by atoms with E-state index in [1.807, 2.05) is 23.6 Å². The number of ether oxygens (including phenoxy) is 1. The first kappa shape index (κ1) is 19.5. The zero-order valence-electron chi connectivity index (χ0n) is 15.1. The summed E-state index contributed by atoms with van der Waals surface area (Å²) < 4.78 is 5.03. The molecule has 0 unspecified atom stereocenters. The molecule has 6 heteroatoms. The highest BCUT2D eigenvalue weighted by molar-refractivity contribution is 7.09. The van der Waals surface area contributed by atoms with Gasteiger partial charge in [-0.3, -0.25) is 9.59 Å². The van der Waals surface area contributed by atoms with Crippen molar-refractivity contribution in [2.24, 2.45) is 0 Å². The van der Waals surface area contributed by atoms with Crippen LogP contribution in [0.2, 0.25) is 0 Å². The fourth-order valence-corrected chi connectivity index (χ4v) is 3.27. The number of thiophene rings is 1. The molecule has 1 amide bonds. The van der Waals surface area contributed by atoms with Gasteiger partial charge in [0.1, 0.15) is 0 Å². The zero-order chi connectivity index (χ0) is 19.8. The standard InChI is InChI=1S/C22H19NO4S/c24-20(23-13-12-19-7-4-14-28-19)15-27-22(26)18-10-8-17(9-11-18)21(25)16-5-2-1-3-6-16/h1-11,14H,12-13,15H2,(H,23,24). The maximum absolute atomic E-state index is 12.4. The van der Waals surface area contributed by atoms with Gasteiger partial charge in [-0.25, -0.2) is 4.79 Å². The summed E-state index contributed by atoms with van der Waals surface area (Å²) in [6.45, 7) is 0.154. The van der Waals surface area contributed by atoms with Crippen LogP contribution in [0.1, 0.15) is 31.2 Å². The number of nitrogens with one attached hydrogen (secondary N) is 1. The summed E-state index contributed by atoms with van der Waals surface area (Å²) in [6, 6.07) is 19.1. The van der Waals surface area contributed by atoms with Gasteiger partial charge in [-0.1, -0.05) is 48.5 Å². The predicted molar refractivity (Wildman–Crippen MR) is 108 cm³/mol. The lowest BCUT2D eigenvalue weighted by Crippen LogP contribution is -2.30. The van der Waals surface area contributed by atoms with Gasteiger partial charge in [-0.2, -0.15) is 0 Å². The van der Waals surface area contributed by atoms with Crippen molar-refractivity contribution in [3.8, 4) is 0 Å². The fourth-order valence-electron chi connectivity index (χ4n) is 2.56. The van der Waals surface area contributed by atoms with Crippen LogP contribution in [-0.4, -0.2) is 30.8 Å². The lowest BCUT2D eigenvalue weighted by atomic mass is 10.0. The Bertz CT molecular complexity index is 934. The number of carbonyl (C=O) groups is 3. The van der Waals surface area contributed by atoms with E-state index >= 15 is 0 Å². The second kappa shape index (κ2) is 9.62. The van der Waals surface area contributed by atoms with E-state index in [1.54, 1.807) is 47.7 Å². The van der Waals surface area contributed by atoms with E-state index < -0.39 is 5.97 Å². The van der Waals surface area contributed by atoms with Crippen molar-refractivity contribution in [3.05, 3.63) is 93.7 Å². The molecule has 1 heterocycles. The molecule has 2 aromatic carbocycles. The Kier molecular flexibility index (Phi) is 6.70. The van der Waals surface area contributed by atoms with Crippen LogP contribution in [0.5, 0.6) is 0 Å². The quantitative estimate of drug-likeness (QED) is 0.470. The molecular weight excluding hydrogens is 374 g/mol. The summed E-state index contributed by atoms with van der Waals surface area (Å²) in [7, 11) is 0. The molecule has 3 aromatic rings. The molecule has 0 bridgehead atoms. The summed E-state index contributed by atoms with van der Waals surface area (Å²) in [5, 5.41) is 4.70. The van der Waals surface area contributed by atoms with E-state index in [9.17, 15) is 14.4 Å². The molecule has 5 nitrogen and oxygen atoms in total. The smallest absolute Gasteiger partial charge is 0.338 e. The molecule has 0 fully saturated rings. The lowest BCUT2D eigenvalue weighted by molar-refractivity contribution is -0.124. The van der Waals surface area contributed by atoms with E-state index in [-0.39, 0.29) is 23.9 Å². The highest BCUT2D eigenvalue weighted by Gasteiger charge is 2.13. The van der Waals surface area contributed by atoms with E-state index in [2.05, 4.69) is 5.32 Å². The second-order valence-electron chi connectivity index (χ2n) is 6.03. The van der Waals surface area contributed by atoms with Crippen LogP contribution in [0.25, 0.3) is 0 Å². The number of hydrogen-bond donors (Lipinski definition) is 1. The van der Waals surface area contributed by atoms with Crippen molar-refractivity contribution in [2.45, 2.75) is 6.42 Å². The van der Waals surface area contributed by atoms with Gasteiger partial charge in [0, 0.05) is 22.5 Å². The molecule has 0 saturated carbocycles. The van der Waals surface area contributed by atoms with Crippen LogP contribution >= 0.6 is 11.3 Å². The molecule has 0 radical (unpaired) electrons. The maximum Gasteiger partial charge on any atom is 0.338 e. The normalized spacial score (nSPS) is 10.3.